The smallest absolute Gasteiger partial charge is 0.191 e. The lowest BCUT2D eigenvalue weighted by molar-refractivity contribution is 0.624. The molecule has 0 bridgehead atoms. The molecule has 114 valence electrons. The van der Waals surface area contributed by atoms with Crippen molar-refractivity contribution in [1.82, 2.24) is 15.6 Å². The summed E-state index contributed by atoms with van der Waals surface area (Å²) in [7, 11) is 1.76. The number of nitrogens with zero attached hydrogens (tertiary/aromatic N) is 1. The lowest BCUT2D eigenvalue weighted by Crippen LogP contribution is -2.42. The fraction of sp³-hybridized carbons (Fsp3) is 0.438. The van der Waals surface area contributed by atoms with Crippen LogP contribution in [0.2, 0.25) is 0 Å². The zero-order valence-corrected chi connectivity index (χ0v) is 12.8. The first kappa shape index (κ1) is 15.4. The van der Waals surface area contributed by atoms with Crippen molar-refractivity contribution in [2.24, 2.45) is 4.99 Å². The summed E-state index contributed by atoms with van der Waals surface area (Å²) >= 11 is 0. The Hall–Kier alpha value is -2.04. The van der Waals surface area contributed by atoms with Gasteiger partial charge in [-0.15, -0.1) is 0 Å². The van der Waals surface area contributed by atoms with Gasteiger partial charge >= 0.3 is 0 Å². The third kappa shape index (κ3) is 3.97. The molecule has 0 fully saturated rings. The molecule has 0 radical (unpaired) electrons. The van der Waals surface area contributed by atoms with Crippen LogP contribution in [0, 0.1) is 5.82 Å². The highest BCUT2D eigenvalue weighted by Crippen LogP contribution is 2.19. The summed E-state index contributed by atoms with van der Waals surface area (Å²) < 4.78 is 13.3. The van der Waals surface area contributed by atoms with E-state index in [1.807, 2.05) is 6.20 Å². The van der Waals surface area contributed by atoms with Crippen LogP contribution >= 0.6 is 0 Å². The van der Waals surface area contributed by atoms with Gasteiger partial charge in [0.25, 0.3) is 0 Å². The number of aliphatic imine (C=N–C) groups is 1. The number of guanidine groups is 1. The van der Waals surface area contributed by atoms with Crippen LogP contribution in [0.1, 0.15) is 25.8 Å². The highest BCUT2D eigenvalue weighted by Gasteiger charge is 2.06. The number of nitrogens with one attached hydrogen (secondary N) is 3. The van der Waals surface area contributed by atoms with E-state index >= 15 is 0 Å². The van der Waals surface area contributed by atoms with Crippen molar-refractivity contribution in [2.75, 3.05) is 13.6 Å². The van der Waals surface area contributed by atoms with Crippen LogP contribution in [0.15, 0.2) is 29.4 Å². The zero-order valence-electron chi connectivity index (χ0n) is 12.8. The second-order valence-electron chi connectivity index (χ2n) is 5.21. The molecule has 0 amide bonds. The normalized spacial score (nSPS) is 13.4. The molecule has 2 rings (SSSR count). The number of aromatic nitrogens is 1. The molecule has 0 saturated heterocycles. The summed E-state index contributed by atoms with van der Waals surface area (Å²) in [5.41, 5.74) is 2.07. The molecule has 2 aromatic rings. The van der Waals surface area contributed by atoms with E-state index in [1.165, 1.54) is 6.07 Å². The Morgan fingerprint density at radius 2 is 2.24 bits per heavy atom. The van der Waals surface area contributed by atoms with E-state index in [2.05, 4.69) is 34.5 Å². The van der Waals surface area contributed by atoms with E-state index < -0.39 is 0 Å². The maximum atomic E-state index is 13.3. The minimum atomic E-state index is -0.203. The lowest BCUT2D eigenvalue weighted by atomic mass is 10.1. The maximum absolute atomic E-state index is 13.3. The van der Waals surface area contributed by atoms with Crippen molar-refractivity contribution in [3.8, 4) is 0 Å². The summed E-state index contributed by atoms with van der Waals surface area (Å²) in [6, 6.07) is 5.20. The summed E-state index contributed by atoms with van der Waals surface area (Å²) in [6.45, 7) is 5.00. The van der Waals surface area contributed by atoms with Gasteiger partial charge in [-0.1, -0.05) is 6.92 Å². The molecule has 1 aromatic heterocycles. The van der Waals surface area contributed by atoms with Gasteiger partial charge in [0, 0.05) is 36.7 Å². The molecule has 0 saturated carbocycles. The monoisotopic (exact) mass is 290 g/mol. The number of rotatable bonds is 5. The van der Waals surface area contributed by atoms with Crippen molar-refractivity contribution in [3.05, 3.63) is 35.8 Å². The second-order valence-corrected chi connectivity index (χ2v) is 5.21. The van der Waals surface area contributed by atoms with Crippen LogP contribution < -0.4 is 10.6 Å². The Bertz CT molecular complexity index is 618. The molecule has 5 heteroatoms. The van der Waals surface area contributed by atoms with E-state index in [9.17, 15) is 4.39 Å². The van der Waals surface area contributed by atoms with Gasteiger partial charge in [0.05, 0.1) is 0 Å². The predicted molar refractivity (Wildman–Crippen MR) is 86.2 cm³/mol. The maximum Gasteiger partial charge on any atom is 0.191 e. The van der Waals surface area contributed by atoms with E-state index in [0.29, 0.717) is 6.04 Å². The molecule has 21 heavy (non-hydrogen) atoms. The summed E-state index contributed by atoms with van der Waals surface area (Å²) in [6.07, 6.45) is 3.80. The molecule has 3 N–H and O–H groups in total. The summed E-state index contributed by atoms with van der Waals surface area (Å²) in [4.78, 5) is 7.37. The Morgan fingerprint density at radius 3 is 2.95 bits per heavy atom. The van der Waals surface area contributed by atoms with Gasteiger partial charge in [-0.3, -0.25) is 4.99 Å². The van der Waals surface area contributed by atoms with Crippen molar-refractivity contribution >= 4 is 16.9 Å². The van der Waals surface area contributed by atoms with Gasteiger partial charge in [0.2, 0.25) is 0 Å². The van der Waals surface area contributed by atoms with Gasteiger partial charge in [-0.05, 0) is 43.5 Å². The minimum Gasteiger partial charge on any atom is -0.361 e. The van der Waals surface area contributed by atoms with Crippen LogP contribution in [-0.2, 0) is 6.42 Å². The summed E-state index contributed by atoms with van der Waals surface area (Å²) in [5.74, 6) is 0.598. The molecule has 0 aliphatic carbocycles. The van der Waals surface area contributed by atoms with Gasteiger partial charge in [0.1, 0.15) is 5.82 Å². The fourth-order valence-corrected chi connectivity index (χ4v) is 2.20. The number of H-pyrrole nitrogens is 1. The first-order valence-corrected chi connectivity index (χ1v) is 7.36. The quantitative estimate of drug-likeness (QED) is 0.586. The minimum absolute atomic E-state index is 0.203. The molecule has 1 heterocycles. The Labute approximate surface area is 124 Å². The van der Waals surface area contributed by atoms with E-state index in [1.54, 1.807) is 19.2 Å². The average Bonchev–Trinajstić information content (AvgIpc) is 2.88. The summed E-state index contributed by atoms with van der Waals surface area (Å²) in [5, 5.41) is 7.54. The first-order chi connectivity index (χ1) is 10.1. The molecule has 0 aliphatic rings. The van der Waals surface area contributed by atoms with Crippen molar-refractivity contribution in [1.29, 1.82) is 0 Å². The largest absolute Gasteiger partial charge is 0.361 e. The van der Waals surface area contributed by atoms with Gasteiger partial charge in [-0.25, -0.2) is 4.39 Å². The van der Waals surface area contributed by atoms with Gasteiger partial charge in [0.15, 0.2) is 5.96 Å². The third-order valence-corrected chi connectivity index (χ3v) is 3.64. The van der Waals surface area contributed by atoms with Crippen LogP contribution in [-0.4, -0.2) is 30.6 Å². The highest BCUT2D eigenvalue weighted by molar-refractivity contribution is 5.83. The SMILES string of the molecule is CCC(C)NC(=NC)NCCc1c[nH]c2ccc(F)cc12. The number of hydrogen-bond acceptors (Lipinski definition) is 1. The van der Waals surface area contributed by atoms with Crippen molar-refractivity contribution < 1.29 is 4.39 Å². The van der Waals surface area contributed by atoms with E-state index in [-0.39, 0.29) is 5.82 Å². The third-order valence-electron chi connectivity index (χ3n) is 3.64. The predicted octanol–water partition coefficient (Wildman–Crippen LogP) is 2.81. The van der Waals surface area contributed by atoms with Crippen molar-refractivity contribution in [2.45, 2.75) is 32.7 Å². The molecular weight excluding hydrogens is 267 g/mol. The molecule has 0 aliphatic heterocycles. The number of halogens is 1. The average molecular weight is 290 g/mol. The fourth-order valence-electron chi connectivity index (χ4n) is 2.20. The second kappa shape index (κ2) is 7.11. The highest BCUT2D eigenvalue weighted by atomic mass is 19.1. The van der Waals surface area contributed by atoms with E-state index in [4.69, 9.17) is 0 Å². The number of fused-ring (bicyclic) bond motifs is 1. The lowest BCUT2D eigenvalue weighted by Gasteiger charge is -2.16. The Morgan fingerprint density at radius 1 is 1.43 bits per heavy atom. The Balaban J connectivity index is 1.94. The molecular formula is C16H23FN4. The van der Waals surface area contributed by atoms with Crippen LogP contribution in [0.5, 0.6) is 0 Å². The molecule has 1 unspecified atom stereocenters. The molecule has 1 aromatic carbocycles. The topological polar surface area (TPSA) is 52.2 Å². The number of benzene rings is 1. The molecule has 0 spiro atoms. The van der Waals surface area contributed by atoms with Gasteiger partial charge in [-0.2, -0.15) is 0 Å². The zero-order chi connectivity index (χ0) is 15.2. The van der Waals surface area contributed by atoms with Gasteiger partial charge < -0.3 is 15.6 Å². The number of hydrogen-bond donors (Lipinski definition) is 3. The Kier molecular flexibility index (Phi) is 5.20. The number of aromatic amines is 1. The van der Waals surface area contributed by atoms with E-state index in [0.717, 1.165) is 41.8 Å². The van der Waals surface area contributed by atoms with Crippen LogP contribution in [0.4, 0.5) is 4.39 Å². The first-order valence-electron chi connectivity index (χ1n) is 7.36. The van der Waals surface area contributed by atoms with Crippen LogP contribution in [0.3, 0.4) is 0 Å². The standard InChI is InChI=1S/C16H23FN4/c1-4-11(2)21-16(18-3)19-8-7-12-10-20-15-6-5-13(17)9-14(12)15/h5-6,9-11,20H,4,7-8H2,1-3H3,(H2,18,19,21). The molecule has 4 nitrogen and oxygen atoms in total. The molecule has 1 atom stereocenters. The van der Waals surface area contributed by atoms with Crippen LogP contribution in [0.25, 0.3) is 10.9 Å². The van der Waals surface area contributed by atoms with Crippen molar-refractivity contribution in [3.63, 3.8) is 0 Å².